The Morgan fingerprint density at radius 2 is 1.00 bits per heavy atom. The number of allylic oxidation sites excluding steroid dienone is 2. The summed E-state index contributed by atoms with van der Waals surface area (Å²) in [6, 6.07) is 0. The molecule has 0 aromatic rings. The van der Waals surface area contributed by atoms with Gasteiger partial charge in [0.15, 0.2) is 0 Å². The average Bonchev–Trinajstić information content (AvgIpc) is 2.11. The van der Waals surface area contributed by atoms with Crippen molar-refractivity contribution in [1.29, 1.82) is 0 Å². The van der Waals surface area contributed by atoms with Crippen LogP contribution in [0.25, 0.3) is 0 Å². The molecule has 0 aliphatic rings. The Morgan fingerprint density at radius 1 is 0.923 bits per heavy atom. The lowest BCUT2D eigenvalue weighted by molar-refractivity contribution is 1.09. The van der Waals surface area contributed by atoms with Crippen LogP contribution in [0.2, 0.25) is 0 Å². The summed E-state index contributed by atoms with van der Waals surface area (Å²) in [7, 11) is 0. The third-order valence-corrected chi connectivity index (χ3v) is 0.577. The van der Waals surface area contributed by atoms with Crippen molar-refractivity contribution in [2.45, 2.75) is 61.3 Å². The van der Waals surface area contributed by atoms with Gasteiger partial charge in [-0.1, -0.05) is 52.2 Å². The molecule has 0 spiro atoms. The predicted molar refractivity (Wildman–Crippen MR) is 68.3 cm³/mol. The molecular weight excluding hydrogens is 156 g/mol. The molecule has 0 saturated heterocycles. The summed E-state index contributed by atoms with van der Waals surface area (Å²) in [5.41, 5.74) is 1.38. The van der Waals surface area contributed by atoms with Crippen LogP contribution < -0.4 is 0 Å². The van der Waals surface area contributed by atoms with E-state index in [2.05, 4.69) is 60.8 Å². The van der Waals surface area contributed by atoms with Crippen molar-refractivity contribution in [3.8, 4) is 0 Å². The minimum absolute atomic E-state index is 1.25. The average molecular weight is 186 g/mol. The Bertz CT molecular complexity index is 64.1. The fourth-order valence-electron chi connectivity index (χ4n) is 0. The first-order valence-corrected chi connectivity index (χ1v) is 5.19. The zero-order chi connectivity index (χ0) is 11.7. The van der Waals surface area contributed by atoms with E-state index in [0.29, 0.717) is 0 Å². The zero-order valence-corrected chi connectivity index (χ0v) is 10.9. The number of hydrogen-bond acceptors (Lipinski definition) is 0. The molecular formula is C13H30. The predicted octanol–water partition coefficient (Wildman–Crippen LogP) is 5.61. The number of hydrogen-bond donors (Lipinski definition) is 0. The maximum Gasteiger partial charge on any atom is -0.0442 e. The lowest BCUT2D eigenvalue weighted by atomic mass is 10.3. The molecule has 0 aromatic heterocycles. The van der Waals surface area contributed by atoms with Gasteiger partial charge in [0.1, 0.15) is 0 Å². The molecule has 0 amide bonds. The zero-order valence-electron chi connectivity index (χ0n) is 10.9. The van der Waals surface area contributed by atoms with E-state index in [1.165, 1.54) is 18.4 Å². The minimum atomic E-state index is 1.25. The van der Waals surface area contributed by atoms with Gasteiger partial charge in [-0.3, -0.25) is 0 Å². The van der Waals surface area contributed by atoms with Gasteiger partial charge in [0.05, 0.1) is 0 Å². The Labute approximate surface area is 86.8 Å². The summed E-state index contributed by atoms with van der Waals surface area (Å²) < 4.78 is 0. The van der Waals surface area contributed by atoms with Crippen LogP contribution in [0.15, 0.2) is 24.8 Å². The first-order chi connectivity index (χ1) is 6.10. The van der Waals surface area contributed by atoms with Gasteiger partial charge in [0.2, 0.25) is 0 Å². The Balaban J connectivity index is -0.0000000446. The third-order valence-electron chi connectivity index (χ3n) is 0.577. The molecule has 0 nitrogen and oxygen atoms in total. The summed E-state index contributed by atoms with van der Waals surface area (Å²) in [6.07, 6.45) is 4.58. The molecule has 0 heteroatoms. The van der Waals surface area contributed by atoms with Gasteiger partial charge in [0, 0.05) is 0 Å². The molecule has 0 fully saturated rings. The quantitative estimate of drug-likeness (QED) is 0.431. The molecule has 0 radical (unpaired) electrons. The summed E-state index contributed by atoms with van der Waals surface area (Å²) in [4.78, 5) is 0. The van der Waals surface area contributed by atoms with Crippen LogP contribution in [0.4, 0.5) is 0 Å². The fraction of sp³-hybridized carbons (Fsp3) is 0.692. The second-order valence-electron chi connectivity index (χ2n) is 2.78. The molecule has 0 aliphatic heterocycles. The largest absolute Gasteiger partial charge is 0.106 e. The summed E-state index contributed by atoms with van der Waals surface area (Å²) >= 11 is 0. The summed E-state index contributed by atoms with van der Waals surface area (Å²) in [6.45, 7) is 20.7. The van der Waals surface area contributed by atoms with Crippen molar-refractivity contribution >= 4 is 0 Å². The van der Waals surface area contributed by atoms with Crippen LogP contribution in [0, 0.1) is 0 Å². The topological polar surface area (TPSA) is 0 Å². The van der Waals surface area contributed by atoms with Crippen LogP contribution in [-0.2, 0) is 0 Å². The second-order valence-corrected chi connectivity index (χ2v) is 2.78. The van der Waals surface area contributed by atoms with E-state index in [1.807, 2.05) is 6.92 Å². The van der Waals surface area contributed by atoms with E-state index in [1.54, 1.807) is 0 Å². The van der Waals surface area contributed by atoms with Crippen molar-refractivity contribution in [2.75, 3.05) is 0 Å². The van der Waals surface area contributed by atoms with Gasteiger partial charge >= 0.3 is 0 Å². The minimum Gasteiger partial charge on any atom is -0.106 e. The smallest absolute Gasteiger partial charge is 0.0442 e. The molecule has 0 atom stereocenters. The van der Waals surface area contributed by atoms with Crippen LogP contribution in [0.3, 0.4) is 0 Å². The second kappa shape index (κ2) is 42.0. The van der Waals surface area contributed by atoms with E-state index in [0.717, 1.165) is 0 Å². The lowest BCUT2D eigenvalue weighted by Gasteiger charge is -1.74. The van der Waals surface area contributed by atoms with E-state index >= 15 is 0 Å². The monoisotopic (exact) mass is 186 g/mol. The fourth-order valence-corrected chi connectivity index (χ4v) is 0. The van der Waals surface area contributed by atoms with Crippen LogP contribution in [0.1, 0.15) is 61.3 Å². The van der Waals surface area contributed by atoms with E-state index in [9.17, 15) is 0 Å². The lowest BCUT2D eigenvalue weighted by Crippen LogP contribution is -1.52. The van der Waals surface area contributed by atoms with Crippen LogP contribution in [0.5, 0.6) is 0 Å². The molecule has 0 N–H and O–H groups in total. The molecule has 13 heavy (non-hydrogen) atoms. The third kappa shape index (κ3) is 471. The molecule has 82 valence electrons. The molecule has 0 unspecified atom stereocenters. The normalized spacial score (nSPS) is 5.77. The number of rotatable bonds is 0. The first-order valence-electron chi connectivity index (χ1n) is 5.19. The first kappa shape index (κ1) is 22.9. The highest BCUT2D eigenvalue weighted by Gasteiger charge is 1.60. The van der Waals surface area contributed by atoms with E-state index < -0.39 is 0 Å². The van der Waals surface area contributed by atoms with Gasteiger partial charge in [0.25, 0.3) is 0 Å². The van der Waals surface area contributed by atoms with Crippen LogP contribution in [-0.4, -0.2) is 0 Å². The van der Waals surface area contributed by atoms with E-state index in [4.69, 9.17) is 0 Å². The van der Waals surface area contributed by atoms with Crippen molar-refractivity contribution < 1.29 is 0 Å². The maximum atomic E-state index is 3.00. The van der Waals surface area contributed by atoms with Gasteiger partial charge in [-0.15, -0.1) is 13.2 Å². The molecule has 0 rings (SSSR count). The Hall–Kier alpha value is -0.520. The SMILES string of the molecule is C=C.CC=C(C)C.CCC.CCC. The molecule has 0 bridgehead atoms. The van der Waals surface area contributed by atoms with Crippen molar-refractivity contribution in [3.05, 3.63) is 24.8 Å². The van der Waals surface area contributed by atoms with Crippen molar-refractivity contribution in [1.82, 2.24) is 0 Å². The maximum absolute atomic E-state index is 3.00. The molecule has 0 aromatic carbocycles. The van der Waals surface area contributed by atoms with Gasteiger partial charge < -0.3 is 0 Å². The van der Waals surface area contributed by atoms with Gasteiger partial charge in [-0.05, 0) is 20.8 Å². The van der Waals surface area contributed by atoms with Gasteiger partial charge in [-0.2, -0.15) is 0 Å². The highest BCUT2D eigenvalue weighted by Crippen LogP contribution is 1.82. The summed E-state index contributed by atoms with van der Waals surface area (Å²) in [5.74, 6) is 0. The summed E-state index contributed by atoms with van der Waals surface area (Å²) in [5, 5.41) is 0. The highest BCUT2D eigenvalue weighted by molar-refractivity contribution is 4.88. The van der Waals surface area contributed by atoms with Crippen LogP contribution >= 0.6 is 0 Å². The standard InChI is InChI=1S/C5H10.2C3H8.C2H4/c1-4-5(2)3;2*1-3-2;1-2/h4H,1-3H3;2*3H2,1-2H3;1-2H2. The van der Waals surface area contributed by atoms with Crippen molar-refractivity contribution in [3.63, 3.8) is 0 Å². The van der Waals surface area contributed by atoms with Gasteiger partial charge in [-0.25, -0.2) is 0 Å². The highest BCUT2D eigenvalue weighted by atomic mass is 13.7. The van der Waals surface area contributed by atoms with E-state index in [-0.39, 0.29) is 0 Å². The molecule has 0 aliphatic carbocycles. The molecule has 0 saturated carbocycles. The molecule has 0 heterocycles. The Morgan fingerprint density at radius 3 is 1.00 bits per heavy atom. The Kier molecular flexibility index (Phi) is 73.9. The van der Waals surface area contributed by atoms with Crippen molar-refractivity contribution in [2.24, 2.45) is 0 Å².